The maximum atomic E-state index is 12.4. The molecule has 3 aromatic rings. The molecule has 0 radical (unpaired) electrons. The van der Waals surface area contributed by atoms with Crippen LogP contribution in [0.25, 0.3) is 10.9 Å². The van der Waals surface area contributed by atoms with Crippen molar-refractivity contribution in [3.63, 3.8) is 0 Å². The highest BCUT2D eigenvalue weighted by Crippen LogP contribution is 2.17. The number of rotatable bonds is 3. The van der Waals surface area contributed by atoms with Gasteiger partial charge < -0.3 is 4.74 Å². The van der Waals surface area contributed by atoms with Crippen LogP contribution in [0.5, 0.6) is 0 Å². The van der Waals surface area contributed by atoms with Crippen molar-refractivity contribution in [3.8, 4) is 0 Å². The van der Waals surface area contributed by atoms with Crippen molar-refractivity contribution in [2.45, 2.75) is 26.0 Å². The molecule has 5 nitrogen and oxygen atoms in total. The van der Waals surface area contributed by atoms with Crippen LogP contribution in [0, 0.1) is 0 Å². The Kier molecular flexibility index (Phi) is 4.01. The highest BCUT2D eigenvalue weighted by atomic mass is 35.5. The maximum Gasteiger partial charge on any atom is 0.338 e. The van der Waals surface area contributed by atoms with E-state index in [1.807, 2.05) is 12.1 Å². The topological polar surface area (TPSA) is 61.2 Å². The molecule has 0 bridgehead atoms. The van der Waals surface area contributed by atoms with Crippen molar-refractivity contribution in [3.05, 3.63) is 74.8 Å². The van der Waals surface area contributed by atoms with Gasteiger partial charge in [-0.25, -0.2) is 9.78 Å². The van der Waals surface area contributed by atoms with Crippen molar-refractivity contribution >= 4 is 28.5 Å². The molecule has 0 saturated carbocycles. The lowest BCUT2D eigenvalue weighted by Gasteiger charge is -2.08. The summed E-state index contributed by atoms with van der Waals surface area (Å²) in [5.41, 5.74) is 1.74. The van der Waals surface area contributed by atoms with E-state index in [1.165, 1.54) is 0 Å². The van der Waals surface area contributed by atoms with Gasteiger partial charge in [-0.2, -0.15) is 0 Å². The average Bonchev–Trinajstić information content (AvgIpc) is 3.09. The summed E-state index contributed by atoms with van der Waals surface area (Å²) in [7, 11) is 0. The van der Waals surface area contributed by atoms with Gasteiger partial charge in [0.15, 0.2) is 0 Å². The molecule has 0 aliphatic carbocycles. The second kappa shape index (κ2) is 6.33. The molecule has 25 heavy (non-hydrogen) atoms. The third-order valence-corrected chi connectivity index (χ3v) is 4.59. The quantitative estimate of drug-likeness (QED) is 0.677. The number of carbonyl (C=O) groups is 1. The summed E-state index contributed by atoms with van der Waals surface area (Å²) in [6.45, 7) is 0.871. The number of hydrogen-bond donors (Lipinski definition) is 0. The normalized spacial score (nSPS) is 13.0. The number of benzene rings is 2. The first-order valence-electron chi connectivity index (χ1n) is 8.07. The van der Waals surface area contributed by atoms with Crippen molar-refractivity contribution in [2.75, 3.05) is 0 Å². The Morgan fingerprint density at radius 3 is 2.80 bits per heavy atom. The number of aryl methyl sites for hydroxylation is 1. The van der Waals surface area contributed by atoms with Gasteiger partial charge in [0, 0.05) is 18.0 Å². The van der Waals surface area contributed by atoms with Gasteiger partial charge in [-0.1, -0.05) is 23.7 Å². The molecule has 0 N–H and O–H groups in total. The second-order valence-corrected chi connectivity index (χ2v) is 6.46. The zero-order chi connectivity index (χ0) is 17.4. The second-order valence-electron chi connectivity index (χ2n) is 6.02. The third kappa shape index (κ3) is 3.03. The lowest BCUT2D eigenvalue weighted by Crippen LogP contribution is -2.21. The smallest absolute Gasteiger partial charge is 0.338 e. The highest BCUT2D eigenvalue weighted by Gasteiger charge is 2.17. The predicted octanol–water partition coefficient (Wildman–Crippen LogP) is 3.35. The summed E-state index contributed by atoms with van der Waals surface area (Å²) in [5.74, 6) is 0.337. The van der Waals surface area contributed by atoms with Gasteiger partial charge >= 0.3 is 5.97 Å². The van der Waals surface area contributed by atoms with E-state index in [9.17, 15) is 9.59 Å². The molecule has 2 aromatic carbocycles. The monoisotopic (exact) mass is 354 g/mol. The molecule has 6 heteroatoms. The number of fused-ring (bicyclic) bond motifs is 2. The highest BCUT2D eigenvalue weighted by molar-refractivity contribution is 6.30. The summed E-state index contributed by atoms with van der Waals surface area (Å²) >= 11 is 5.84. The lowest BCUT2D eigenvalue weighted by molar-refractivity contribution is 0.0473. The van der Waals surface area contributed by atoms with Gasteiger partial charge in [-0.3, -0.25) is 9.36 Å². The largest absolute Gasteiger partial charge is 0.457 e. The standard InChI is InChI=1S/C19H15ClN2O3/c20-14-6-3-12(4-7-14)11-25-19(24)13-5-8-15-16(10-13)21-17-2-1-9-22(17)18(15)23/h3-8,10H,1-2,9,11H2. The number of halogens is 1. The van der Waals surface area contributed by atoms with Crippen molar-refractivity contribution in [1.29, 1.82) is 0 Å². The van der Waals surface area contributed by atoms with Crippen LogP contribution in [0.4, 0.5) is 0 Å². The molecule has 1 aliphatic rings. The number of esters is 1. The molecule has 0 saturated heterocycles. The van der Waals surface area contributed by atoms with Crippen LogP contribution in [0.15, 0.2) is 47.3 Å². The number of aromatic nitrogens is 2. The van der Waals surface area contributed by atoms with Gasteiger partial charge in [0.25, 0.3) is 5.56 Å². The SMILES string of the molecule is O=C(OCc1ccc(Cl)cc1)c1ccc2c(=O)n3c(nc2c1)CCC3. The van der Waals surface area contributed by atoms with E-state index in [2.05, 4.69) is 4.98 Å². The first-order valence-corrected chi connectivity index (χ1v) is 8.45. The first-order chi connectivity index (χ1) is 12.1. The van der Waals surface area contributed by atoms with Crippen LogP contribution in [-0.4, -0.2) is 15.5 Å². The van der Waals surface area contributed by atoms with E-state index in [0.29, 0.717) is 28.0 Å². The lowest BCUT2D eigenvalue weighted by atomic mass is 10.1. The Bertz CT molecular complexity index is 1030. The fourth-order valence-corrected chi connectivity index (χ4v) is 3.15. The molecule has 0 fully saturated rings. The van der Waals surface area contributed by atoms with Crippen LogP contribution in [0.3, 0.4) is 0 Å². The molecular formula is C19H15ClN2O3. The van der Waals surface area contributed by atoms with Crippen LogP contribution in [-0.2, 0) is 24.3 Å². The number of carbonyl (C=O) groups excluding carboxylic acids is 1. The van der Waals surface area contributed by atoms with Crippen LogP contribution in [0.2, 0.25) is 5.02 Å². The third-order valence-electron chi connectivity index (χ3n) is 4.34. The van der Waals surface area contributed by atoms with Crippen LogP contribution in [0.1, 0.15) is 28.2 Å². The van der Waals surface area contributed by atoms with E-state index in [1.54, 1.807) is 34.9 Å². The van der Waals surface area contributed by atoms with Crippen molar-refractivity contribution in [1.82, 2.24) is 9.55 Å². The van der Waals surface area contributed by atoms with Gasteiger partial charge in [0.2, 0.25) is 0 Å². The van der Waals surface area contributed by atoms with E-state index in [4.69, 9.17) is 16.3 Å². The zero-order valence-corrected chi connectivity index (χ0v) is 14.1. The van der Waals surface area contributed by atoms with Gasteiger partial charge in [-0.05, 0) is 42.3 Å². The number of ether oxygens (including phenoxy) is 1. The Labute approximate surface area is 148 Å². The Balaban J connectivity index is 1.58. The minimum atomic E-state index is -0.445. The maximum absolute atomic E-state index is 12.4. The predicted molar refractivity (Wildman–Crippen MR) is 94.9 cm³/mol. The molecule has 126 valence electrons. The van der Waals surface area contributed by atoms with Crippen molar-refractivity contribution in [2.24, 2.45) is 0 Å². The van der Waals surface area contributed by atoms with Crippen LogP contribution < -0.4 is 5.56 Å². The summed E-state index contributed by atoms with van der Waals surface area (Å²) < 4.78 is 7.04. The summed E-state index contributed by atoms with van der Waals surface area (Å²) in [5, 5.41) is 1.16. The minimum absolute atomic E-state index is 0.0430. The minimum Gasteiger partial charge on any atom is -0.457 e. The fourth-order valence-electron chi connectivity index (χ4n) is 3.02. The Morgan fingerprint density at radius 2 is 2.00 bits per heavy atom. The molecule has 0 unspecified atom stereocenters. The first kappa shape index (κ1) is 15.8. The van der Waals surface area contributed by atoms with Gasteiger partial charge in [0.05, 0.1) is 16.5 Å². The van der Waals surface area contributed by atoms with Gasteiger partial charge in [0.1, 0.15) is 12.4 Å². The summed E-state index contributed by atoms with van der Waals surface area (Å²) in [6, 6.07) is 12.0. The number of hydrogen-bond acceptors (Lipinski definition) is 4. The van der Waals surface area contributed by atoms with Crippen molar-refractivity contribution < 1.29 is 9.53 Å². The molecular weight excluding hydrogens is 340 g/mol. The molecule has 0 atom stereocenters. The van der Waals surface area contributed by atoms with E-state index < -0.39 is 5.97 Å². The fraction of sp³-hybridized carbons (Fsp3) is 0.211. The van der Waals surface area contributed by atoms with Gasteiger partial charge in [-0.15, -0.1) is 0 Å². The molecule has 4 rings (SSSR count). The van der Waals surface area contributed by atoms with E-state index in [-0.39, 0.29) is 12.2 Å². The summed E-state index contributed by atoms with van der Waals surface area (Å²) in [4.78, 5) is 29.3. The van der Waals surface area contributed by atoms with Crippen LogP contribution >= 0.6 is 11.6 Å². The Morgan fingerprint density at radius 1 is 1.20 bits per heavy atom. The van der Waals surface area contributed by atoms with E-state index in [0.717, 1.165) is 24.2 Å². The van der Waals surface area contributed by atoms with E-state index >= 15 is 0 Å². The molecule has 0 amide bonds. The molecule has 1 aliphatic heterocycles. The zero-order valence-electron chi connectivity index (χ0n) is 13.4. The summed E-state index contributed by atoms with van der Waals surface area (Å²) in [6.07, 6.45) is 1.71. The molecule has 1 aromatic heterocycles. The molecule has 0 spiro atoms. The number of nitrogens with zero attached hydrogens (tertiary/aromatic N) is 2. The Hall–Kier alpha value is -2.66. The molecule has 2 heterocycles. The average molecular weight is 355 g/mol.